The van der Waals surface area contributed by atoms with Crippen LogP contribution in [0.5, 0.6) is 0 Å². The fraction of sp³-hybridized carbons (Fsp3) is 0.286. The SMILES string of the molecule is c1ccc2c(c1)NCCCC2NCCNc1ccc2ccccc2n1. The summed E-state index contributed by atoms with van der Waals surface area (Å²) in [5.74, 6) is 0.934. The molecule has 4 rings (SSSR count). The molecule has 0 fully saturated rings. The number of nitrogens with zero attached hydrogens (tertiary/aromatic N) is 1. The maximum atomic E-state index is 4.66. The molecule has 2 heterocycles. The van der Waals surface area contributed by atoms with Crippen molar-refractivity contribution < 1.29 is 0 Å². The molecule has 1 unspecified atom stereocenters. The Morgan fingerprint density at radius 1 is 0.960 bits per heavy atom. The molecule has 1 aliphatic heterocycles. The van der Waals surface area contributed by atoms with Crippen molar-refractivity contribution in [2.24, 2.45) is 0 Å². The summed E-state index contributed by atoms with van der Waals surface area (Å²) in [6, 6.07) is 21.4. The third-order valence-corrected chi connectivity index (χ3v) is 4.74. The van der Waals surface area contributed by atoms with E-state index in [1.165, 1.54) is 23.1 Å². The Bertz CT molecular complexity index is 846. The molecule has 0 aliphatic carbocycles. The molecule has 0 bridgehead atoms. The van der Waals surface area contributed by atoms with Crippen LogP contribution >= 0.6 is 0 Å². The Morgan fingerprint density at radius 3 is 2.84 bits per heavy atom. The first-order valence-electron chi connectivity index (χ1n) is 9.06. The minimum atomic E-state index is 0.414. The molecule has 0 spiro atoms. The van der Waals surface area contributed by atoms with Crippen molar-refractivity contribution in [1.82, 2.24) is 10.3 Å². The van der Waals surface area contributed by atoms with E-state index < -0.39 is 0 Å². The summed E-state index contributed by atoms with van der Waals surface area (Å²) in [5, 5.41) is 11.8. The van der Waals surface area contributed by atoms with Gasteiger partial charge in [0.05, 0.1) is 5.52 Å². The lowest BCUT2D eigenvalue weighted by Crippen LogP contribution is -2.27. The molecule has 3 N–H and O–H groups in total. The molecule has 0 amide bonds. The number of benzene rings is 2. The van der Waals surface area contributed by atoms with Gasteiger partial charge in [-0.3, -0.25) is 0 Å². The number of fused-ring (bicyclic) bond motifs is 2. The molecule has 1 aromatic heterocycles. The van der Waals surface area contributed by atoms with Crippen LogP contribution in [0.4, 0.5) is 11.5 Å². The first-order chi connectivity index (χ1) is 12.4. The lowest BCUT2D eigenvalue weighted by Gasteiger charge is -2.19. The fourth-order valence-corrected chi connectivity index (χ4v) is 3.46. The molecule has 2 aromatic carbocycles. The quantitative estimate of drug-likeness (QED) is 0.613. The van der Waals surface area contributed by atoms with Crippen LogP contribution in [0.2, 0.25) is 0 Å². The fourth-order valence-electron chi connectivity index (χ4n) is 3.46. The van der Waals surface area contributed by atoms with Crippen LogP contribution in [0, 0.1) is 0 Å². The monoisotopic (exact) mass is 332 g/mol. The van der Waals surface area contributed by atoms with Crippen molar-refractivity contribution in [1.29, 1.82) is 0 Å². The van der Waals surface area contributed by atoms with E-state index in [1.54, 1.807) is 0 Å². The highest BCUT2D eigenvalue weighted by Gasteiger charge is 2.17. The molecule has 1 aliphatic rings. The molecule has 3 aromatic rings. The largest absolute Gasteiger partial charge is 0.385 e. The summed E-state index contributed by atoms with van der Waals surface area (Å²) in [7, 11) is 0. The zero-order valence-electron chi connectivity index (χ0n) is 14.3. The zero-order valence-corrected chi connectivity index (χ0v) is 14.3. The second-order valence-electron chi connectivity index (χ2n) is 6.48. The second-order valence-corrected chi connectivity index (χ2v) is 6.48. The first-order valence-corrected chi connectivity index (χ1v) is 9.06. The Morgan fingerprint density at radius 2 is 1.84 bits per heavy atom. The van der Waals surface area contributed by atoms with Gasteiger partial charge in [0.1, 0.15) is 5.82 Å². The summed E-state index contributed by atoms with van der Waals surface area (Å²) < 4.78 is 0. The standard InChI is InChI=1S/C21H24N4/c1-3-8-18-16(6-1)11-12-21(25-18)24-15-14-23-20-10-5-13-22-19-9-4-2-7-17(19)20/h1-4,6-9,11-12,20,22-23H,5,10,13-15H2,(H,24,25). The number of pyridine rings is 1. The van der Waals surface area contributed by atoms with Gasteiger partial charge in [-0.05, 0) is 42.7 Å². The van der Waals surface area contributed by atoms with Gasteiger partial charge >= 0.3 is 0 Å². The zero-order chi connectivity index (χ0) is 16.9. The van der Waals surface area contributed by atoms with E-state index in [0.29, 0.717) is 6.04 Å². The number of aromatic nitrogens is 1. The van der Waals surface area contributed by atoms with Gasteiger partial charge in [-0.25, -0.2) is 4.98 Å². The molecule has 0 saturated carbocycles. The van der Waals surface area contributed by atoms with Gasteiger partial charge in [0.25, 0.3) is 0 Å². The van der Waals surface area contributed by atoms with Gasteiger partial charge in [-0.15, -0.1) is 0 Å². The number of nitrogens with one attached hydrogen (secondary N) is 3. The van der Waals surface area contributed by atoms with Crippen molar-refractivity contribution in [2.75, 3.05) is 30.3 Å². The first kappa shape index (κ1) is 15.9. The summed E-state index contributed by atoms with van der Waals surface area (Å²) in [6.07, 6.45) is 2.35. The topological polar surface area (TPSA) is 49.0 Å². The van der Waals surface area contributed by atoms with Crippen LogP contribution in [-0.4, -0.2) is 24.6 Å². The summed E-state index contributed by atoms with van der Waals surface area (Å²) in [4.78, 5) is 4.66. The molecule has 0 saturated heterocycles. The molecule has 1 atom stereocenters. The van der Waals surface area contributed by atoms with Crippen LogP contribution in [0.3, 0.4) is 0 Å². The van der Waals surface area contributed by atoms with Crippen LogP contribution < -0.4 is 16.0 Å². The van der Waals surface area contributed by atoms with Crippen LogP contribution in [0.25, 0.3) is 10.9 Å². The Balaban J connectivity index is 1.34. The van der Waals surface area contributed by atoms with Crippen LogP contribution in [-0.2, 0) is 0 Å². The average Bonchev–Trinajstić information content (AvgIpc) is 2.87. The van der Waals surface area contributed by atoms with Crippen molar-refractivity contribution in [2.45, 2.75) is 18.9 Å². The lowest BCUT2D eigenvalue weighted by molar-refractivity contribution is 0.508. The van der Waals surface area contributed by atoms with Gasteiger partial charge in [-0.2, -0.15) is 0 Å². The van der Waals surface area contributed by atoms with Crippen molar-refractivity contribution in [3.8, 4) is 0 Å². The molecule has 128 valence electrons. The number of para-hydroxylation sites is 2. The number of anilines is 2. The highest BCUT2D eigenvalue weighted by atomic mass is 15.0. The van der Waals surface area contributed by atoms with E-state index in [9.17, 15) is 0 Å². The van der Waals surface area contributed by atoms with E-state index in [1.807, 2.05) is 24.3 Å². The normalized spacial score (nSPS) is 16.7. The highest BCUT2D eigenvalue weighted by molar-refractivity contribution is 5.80. The van der Waals surface area contributed by atoms with Gasteiger partial charge in [-0.1, -0.05) is 36.4 Å². The third-order valence-electron chi connectivity index (χ3n) is 4.74. The minimum absolute atomic E-state index is 0.414. The summed E-state index contributed by atoms with van der Waals surface area (Å²) >= 11 is 0. The molecule has 0 radical (unpaired) electrons. The van der Waals surface area contributed by atoms with E-state index in [2.05, 4.69) is 57.3 Å². The molecule has 4 nitrogen and oxygen atoms in total. The van der Waals surface area contributed by atoms with Gasteiger partial charge in [0.15, 0.2) is 0 Å². The second kappa shape index (κ2) is 7.53. The Labute approximate surface area is 148 Å². The van der Waals surface area contributed by atoms with Crippen LogP contribution in [0.15, 0.2) is 60.7 Å². The Kier molecular flexibility index (Phi) is 4.79. The number of hydrogen-bond acceptors (Lipinski definition) is 4. The van der Waals surface area contributed by atoms with E-state index in [-0.39, 0.29) is 0 Å². The van der Waals surface area contributed by atoms with Gasteiger partial charge in [0.2, 0.25) is 0 Å². The maximum Gasteiger partial charge on any atom is 0.126 e. The number of rotatable bonds is 5. The number of hydrogen-bond donors (Lipinski definition) is 3. The van der Waals surface area contributed by atoms with Crippen molar-refractivity contribution in [3.63, 3.8) is 0 Å². The molecule has 25 heavy (non-hydrogen) atoms. The van der Waals surface area contributed by atoms with Gasteiger partial charge in [0, 0.05) is 36.7 Å². The van der Waals surface area contributed by atoms with Crippen molar-refractivity contribution >= 4 is 22.4 Å². The highest BCUT2D eigenvalue weighted by Crippen LogP contribution is 2.28. The predicted molar refractivity (Wildman–Crippen MR) is 105 cm³/mol. The van der Waals surface area contributed by atoms with E-state index >= 15 is 0 Å². The third kappa shape index (κ3) is 3.74. The average molecular weight is 332 g/mol. The minimum Gasteiger partial charge on any atom is -0.385 e. The molecular formula is C21H24N4. The predicted octanol–water partition coefficient (Wildman–Crippen LogP) is 4.18. The van der Waals surface area contributed by atoms with Gasteiger partial charge < -0.3 is 16.0 Å². The van der Waals surface area contributed by atoms with Crippen LogP contribution in [0.1, 0.15) is 24.4 Å². The maximum absolute atomic E-state index is 4.66. The Hall–Kier alpha value is -2.59. The van der Waals surface area contributed by atoms with Crippen molar-refractivity contribution in [3.05, 3.63) is 66.2 Å². The smallest absolute Gasteiger partial charge is 0.126 e. The lowest BCUT2D eigenvalue weighted by atomic mass is 10.0. The molecular weight excluding hydrogens is 308 g/mol. The van der Waals surface area contributed by atoms with E-state index in [4.69, 9.17) is 0 Å². The van der Waals surface area contributed by atoms with E-state index in [0.717, 1.165) is 37.4 Å². The summed E-state index contributed by atoms with van der Waals surface area (Å²) in [6.45, 7) is 2.82. The molecule has 4 heteroatoms. The summed E-state index contributed by atoms with van der Waals surface area (Å²) in [5.41, 5.74) is 3.68.